The van der Waals surface area contributed by atoms with Gasteiger partial charge in [0, 0.05) is 18.2 Å². The Kier molecular flexibility index (Phi) is 5.82. The van der Waals surface area contributed by atoms with E-state index in [1.54, 1.807) is 33.2 Å². The van der Waals surface area contributed by atoms with Crippen molar-refractivity contribution in [3.63, 3.8) is 0 Å². The number of hydrogen-bond donors (Lipinski definition) is 3. The number of carbonyl (C=O) groups excluding carboxylic acids is 1. The van der Waals surface area contributed by atoms with Crippen molar-refractivity contribution < 1.29 is 19.4 Å². The van der Waals surface area contributed by atoms with Gasteiger partial charge in [0.05, 0.1) is 30.1 Å². The van der Waals surface area contributed by atoms with E-state index in [4.69, 9.17) is 15.2 Å². The molecule has 1 saturated heterocycles. The lowest BCUT2D eigenvalue weighted by atomic mass is 9.79. The fourth-order valence-corrected chi connectivity index (χ4v) is 3.12. The third-order valence-corrected chi connectivity index (χ3v) is 4.29. The van der Waals surface area contributed by atoms with Crippen molar-refractivity contribution in [3.05, 3.63) is 24.0 Å². The lowest BCUT2D eigenvalue weighted by Crippen LogP contribution is -2.57. The Morgan fingerprint density at radius 1 is 1.35 bits per heavy atom. The summed E-state index contributed by atoms with van der Waals surface area (Å²) in [6, 6.07) is 1.29. The zero-order valence-corrected chi connectivity index (χ0v) is 16.4. The van der Waals surface area contributed by atoms with Gasteiger partial charge in [0.2, 0.25) is 0 Å². The van der Waals surface area contributed by atoms with E-state index in [9.17, 15) is 9.90 Å². The smallest absolute Gasteiger partial charge is 0.407 e. The van der Waals surface area contributed by atoms with Crippen molar-refractivity contribution in [1.29, 1.82) is 0 Å². The Balaban J connectivity index is 2.25. The number of alkyl carbamates (subject to hydrolysis) is 1. The van der Waals surface area contributed by atoms with Gasteiger partial charge in [-0.05, 0) is 32.3 Å². The summed E-state index contributed by atoms with van der Waals surface area (Å²) >= 11 is 0. The van der Waals surface area contributed by atoms with Gasteiger partial charge in [-0.15, -0.1) is 0 Å². The number of nitrogens with one attached hydrogen (secondary N) is 1. The molecule has 0 saturated carbocycles. The van der Waals surface area contributed by atoms with Crippen LogP contribution in [-0.4, -0.2) is 40.0 Å². The minimum Gasteiger partial charge on any atom is -0.444 e. The maximum Gasteiger partial charge on any atom is 0.407 e. The van der Waals surface area contributed by atoms with Gasteiger partial charge in [0.1, 0.15) is 11.7 Å². The lowest BCUT2D eigenvalue weighted by Gasteiger charge is -2.45. The second kappa shape index (κ2) is 7.40. The van der Waals surface area contributed by atoms with E-state index in [-0.39, 0.29) is 11.5 Å². The average molecular weight is 365 g/mol. The summed E-state index contributed by atoms with van der Waals surface area (Å²) in [5.41, 5.74) is 6.44. The maximum absolute atomic E-state index is 12.2. The molecule has 1 amide bonds. The van der Waals surface area contributed by atoms with Crippen molar-refractivity contribution in [2.75, 3.05) is 5.73 Å². The first-order valence-electron chi connectivity index (χ1n) is 8.91. The Labute approximate surface area is 155 Å². The van der Waals surface area contributed by atoms with Gasteiger partial charge in [-0.3, -0.25) is 4.98 Å². The van der Waals surface area contributed by atoms with Crippen LogP contribution < -0.4 is 11.1 Å². The van der Waals surface area contributed by atoms with E-state index < -0.39 is 29.9 Å². The summed E-state index contributed by atoms with van der Waals surface area (Å²) in [5.74, 6) is 0. The molecule has 7 nitrogen and oxygen atoms in total. The van der Waals surface area contributed by atoms with E-state index in [0.717, 1.165) is 5.56 Å². The zero-order chi connectivity index (χ0) is 19.7. The molecule has 146 valence electrons. The molecule has 0 aromatic carbocycles. The second-order valence-corrected chi connectivity index (χ2v) is 8.89. The second-order valence-electron chi connectivity index (χ2n) is 8.89. The number of aromatic nitrogens is 1. The van der Waals surface area contributed by atoms with Gasteiger partial charge in [0.15, 0.2) is 0 Å². The largest absolute Gasteiger partial charge is 0.444 e. The molecular formula is C19H31N3O4. The van der Waals surface area contributed by atoms with Crippen LogP contribution in [0.2, 0.25) is 0 Å². The number of aliphatic hydroxyl groups is 1. The molecule has 0 spiro atoms. The zero-order valence-electron chi connectivity index (χ0n) is 16.4. The summed E-state index contributed by atoms with van der Waals surface area (Å²) in [5, 5.41) is 13.6. The topological polar surface area (TPSA) is 107 Å². The summed E-state index contributed by atoms with van der Waals surface area (Å²) in [6.07, 6.45) is 1.37. The number of hydrogen-bond acceptors (Lipinski definition) is 6. The van der Waals surface area contributed by atoms with Gasteiger partial charge in [-0.2, -0.15) is 0 Å². The number of carbonyl (C=O) groups is 1. The number of anilines is 1. The Morgan fingerprint density at radius 3 is 2.54 bits per heavy atom. The molecule has 4 atom stereocenters. The van der Waals surface area contributed by atoms with Gasteiger partial charge >= 0.3 is 6.09 Å². The highest BCUT2D eigenvalue weighted by molar-refractivity contribution is 5.68. The molecule has 2 heterocycles. The van der Waals surface area contributed by atoms with Crippen LogP contribution >= 0.6 is 0 Å². The molecule has 1 fully saturated rings. The van der Waals surface area contributed by atoms with Crippen molar-refractivity contribution in [2.45, 2.75) is 77.9 Å². The van der Waals surface area contributed by atoms with Crippen LogP contribution in [0.25, 0.3) is 0 Å². The van der Waals surface area contributed by atoms with Crippen LogP contribution in [0.4, 0.5) is 10.5 Å². The standard InChI is InChI=1S/C19H31N3O4/c1-18(2,3)16-15(23)13(22-17(24)26-19(4,5)6)9-14(25-16)11-7-8-21-10-12(11)20/h7-8,10,13-16,23H,9,20H2,1-6H3,(H,22,24)/t13-,14-,15+,16+/m0/s1. The summed E-state index contributed by atoms with van der Waals surface area (Å²) in [7, 11) is 0. The molecule has 2 rings (SSSR count). The predicted molar refractivity (Wildman–Crippen MR) is 99.5 cm³/mol. The molecule has 0 aliphatic carbocycles. The fraction of sp³-hybridized carbons (Fsp3) is 0.684. The molecule has 1 aromatic rings. The van der Waals surface area contributed by atoms with E-state index in [1.807, 2.05) is 26.8 Å². The van der Waals surface area contributed by atoms with E-state index in [0.29, 0.717) is 12.1 Å². The van der Waals surface area contributed by atoms with Crippen LogP contribution in [0.3, 0.4) is 0 Å². The molecule has 0 bridgehead atoms. The summed E-state index contributed by atoms with van der Waals surface area (Å²) in [4.78, 5) is 16.2. The number of pyridine rings is 1. The molecule has 1 aliphatic rings. The maximum atomic E-state index is 12.2. The molecular weight excluding hydrogens is 334 g/mol. The molecule has 26 heavy (non-hydrogen) atoms. The van der Waals surface area contributed by atoms with Crippen LogP contribution in [0, 0.1) is 5.41 Å². The molecule has 0 unspecified atom stereocenters. The molecule has 4 N–H and O–H groups in total. The highest BCUT2D eigenvalue weighted by atomic mass is 16.6. The number of nitrogens with zero attached hydrogens (tertiary/aromatic N) is 1. The average Bonchev–Trinajstić information content (AvgIpc) is 2.47. The normalized spacial score (nSPS) is 27.0. The lowest BCUT2D eigenvalue weighted by molar-refractivity contribution is -0.171. The first kappa shape index (κ1) is 20.5. The van der Waals surface area contributed by atoms with Gasteiger partial charge in [0.25, 0.3) is 0 Å². The number of nitrogens with two attached hydrogens (primary N) is 1. The van der Waals surface area contributed by atoms with E-state index >= 15 is 0 Å². The van der Waals surface area contributed by atoms with E-state index in [1.165, 1.54) is 0 Å². The first-order valence-corrected chi connectivity index (χ1v) is 8.91. The Bertz CT molecular complexity index is 636. The van der Waals surface area contributed by atoms with Crippen LogP contribution in [0.1, 0.15) is 59.6 Å². The molecule has 1 aliphatic heterocycles. The van der Waals surface area contributed by atoms with Gasteiger partial charge in [-0.25, -0.2) is 4.79 Å². The highest BCUT2D eigenvalue weighted by Crippen LogP contribution is 2.40. The molecule has 0 radical (unpaired) electrons. The van der Waals surface area contributed by atoms with Crippen molar-refractivity contribution in [2.24, 2.45) is 5.41 Å². The predicted octanol–water partition coefficient (Wildman–Crippen LogP) is 2.79. The highest BCUT2D eigenvalue weighted by Gasteiger charge is 2.45. The van der Waals surface area contributed by atoms with E-state index in [2.05, 4.69) is 10.3 Å². The van der Waals surface area contributed by atoms with Crippen molar-refractivity contribution >= 4 is 11.8 Å². The third-order valence-electron chi connectivity index (χ3n) is 4.29. The first-order chi connectivity index (χ1) is 11.9. The molecule has 7 heteroatoms. The Morgan fingerprint density at radius 2 is 2.00 bits per heavy atom. The monoisotopic (exact) mass is 365 g/mol. The van der Waals surface area contributed by atoms with Crippen LogP contribution in [0.15, 0.2) is 18.5 Å². The number of amides is 1. The Hall–Kier alpha value is -1.86. The summed E-state index contributed by atoms with van der Waals surface area (Å²) in [6.45, 7) is 11.4. The third kappa shape index (κ3) is 5.08. The number of rotatable bonds is 2. The van der Waals surface area contributed by atoms with Crippen molar-refractivity contribution in [3.8, 4) is 0 Å². The van der Waals surface area contributed by atoms with Gasteiger partial charge in [-0.1, -0.05) is 20.8 Å². The number of nitrogen functional groups attached to an aromatic ring is 1. The number of aliphatic hydroxyl groups excluding tert-OH is 1. The van der Waals surface area contributed by atoms with Crippen molar-refractivity contribution in [1.82, 2.24) is 10.3 Å². The van der Waals surface area contributed by atoms with Crippen LogP contribution in [0.5, 0.6) is 0 Å². The van der Waals surface area contributed by atoms with Crippen LogP contribution in [-0.2, 0) is 9.47 Å². The number of ether oxygens (including phenoxy) is 2. The fourth-order valence-electron chi connectivity index (χ4n) is 3.12. The minimum absolute atomic E-state index is 0.326. The molecule has 1 aromatic heterocycles. The van der Waals surface area contributed by atoms with Gasteiger partial charge < -0.3 is 25.6 Å². The SMILES string of the molecule is CC(C)(C)OC(=O)N[C@H]1C[C@@H](c2ccncc2N)O[C@@H](C(C)(C)C)[C@@H]1O. The summed E-state index contributed by atoms with van der Waals surface area (Å²) < 4.78 is 11.5. The quantitative estimate of drug-likeness (QED) is 0.744. The minimum atomic E-state index is -0.859.